The second-order valence-electron chi connectivity index (χ2n) is 4.63. The zero-order chi connectivity index (χ0) is 12.3. The van der Waals surface area contributed by atoms with E-state index in [-0.39, 0.29) is 11.9 Å². The van der Waals surface area contributed by atoms with Crippen LogP contribution in [0.15, 0.2) is 24.3 Å². The topological polar surface area (TPSA) is 38.5 Å². The highest BCUT2D eigenvalue weighted by Gasteiger charge is 2.25. The fourth-order valence-electron chi connectivity index (χ4n) is 2.50. The van der Waals surface area contributed by atoms with E-state index in [4.69, 9.17) is 10.7 Å². The fourth-order valence-corrected chi connectivity index (χ4v) is 2.50. The summed E-state index contributed by atoms with van der Waals surface area (Å²) in [5, 5.41) is 0. The van der Waals surface area contributed by atoms with E-state index in [1.165, 1.54) is 6.07 Å². The van der Waals surface area contributed by atoms with Crippen molar-refractivity contribution in [3.05, 3.63) is 30.1 Å². The van der Waals surface area contributed by atoms with E-state index >= 15 is 0 Å². The molecule has 2 N–H and O–H groups in total. The minimum atomic E-state index is -0.160. The predicted molar refractivity (Wildman–Crippen MR) is 66.1 cm³/mol. The molecule has 4 heteroatoms. The summed E-state index contributed by atoms with van der Waals surface area (Å²) in [4.78, 5) is 6.89. The van der Waals surface area contributed by atoms with Crippen molar-refractivity contribution >= 4 is 5.69 Å². The normalized spacial score (nSPS) is 24.6. The lowest BCUT2D eigenvalue weighted by Crippen LogP contribution is -2.38. The van der Waals surface area contributed by atoms with Crippen LogP contribution in [0.1, 0.15) is 25.7 Å². The Balaban J connectivity index is 2.02. The average molecular weight is 238 g/mol. The molecule has 0 amide bonds. The minimum absolute atomic E-state index is 0.160. The fraction of sp³-hybridized carbons (Fsp3) is 0.538. The molecule has 1 aromatic rings. The summed E-state index contributed by atoms with van der Waals surface area (Å²) in [6.07, 6.45) is 4.04. The lowest BCUT2D eigenvalue weighted by atomic mass is 9.92. The Bertz CT molecular complexity index is 364. The molecule has 1 aromatic carbocycles. The van der Waals surface area contributed by atoms with Gasteiger partial charge in [-0.1, -0.05) is 12.1 Å². The first-order chi connectivity index (χ1) is 8.22. The van der Waals surface area contributed by atoms with E-state index in [0.29, 0.717) is 11.7 Å². The molecule has 17 heavy (non-hydrogen) atoms. The maximum absolute atomic E-state index is 13.7. The lowest BCUT2D eigenvalue weighted by molar-refractivity contribution is 0.0242. The number of para-hydroxylation sites is 1. The predicted octanol–water partition coefficient (Wildman–Crippen LogP) is 2.46. The molecule has 0 saturated heterocycles. The number of halogens is 1. The van der Waals surface area contributed by atoms with Crippen molar-refractivity contribution in [3.63, 3.8) is 0 Å². The van der Waals surface area contributed by atoms with Gasteiger partial charge in [0.1, 0.15) is 5.82 Å². The van der Waals surface area contributed by atoms with Gasteiger partial charge in [-0.25, -0.2) is 10.3 Å². The summed E-state index contributed by atoms with van der Waals surface area (Å²) in [5.74, 6) is 5.03. The van der Waals surface area contributed by atoms with Gasteiger partial charge in [-0.3, -0.25) is 0 Å². The van der Waals surface area contributed by atoms with Gasteiger partial charge in [0.05, 0.1) is 11.8 Å². The monoisotopic (exact) mass is 238 g/mol. The largest absolute Gasteiger partial charge is 0.369 e. The van der Waals surface area contributed by atoms with Gasteiger partial charge in [-0.2, -0.15) is 0 Å². The van der Waals surface area contributed by atoms with Crippen molar-refractivity contribution in [1.82, 2.24) is 0 Å². The first-order valence-electron chi connectivity index (χ1n) is 6.05. The summed E-state index contributed by atoms with van der Waals surface area (Å²) >= 11 is 0. The van der Waals surface area contributed by atoms with Crippen LogP contribution < -0.4 is 10.8 Å². The Morgan fingerprint density at radius 3 is 2.47 bits per heavy atom. The molecule has 1 aliphatic carbocycles. The number of nitrogens with two attached hydrogens (primary N) is 1. The van der Waals surface area contributed by atoms with Crippen LogP contribution >= 0.6 is 0 Å². The molecule has 0 bridgehead atoms. The molecule has 2 rings (SSSR count). The summed E-state index contributed by atoms with van der Waals surface area (Å²) in [6, 6.07) is 7.27. The van der Waals surface area contributed by atoms with Crippen LogP contribution in [0.4, 0.5) is 10.1 Å². The third-order valence-corrected chi connectivity index (χ3v) is 3.62. The molecule has 0 spiro atoms. The molecule has 0 aliphatic heterocycles. The molecular formula is C13H19FN2O. The van der Waals surface area contributed by atoms with E-state index in [2.05, 4.69) is 0 Å². The molecule has 0 heterocycles. The van der Waals surface area contributed by atoms with Crippen molar-refractivity contribution < 1.29 is 9.23 Å². The Morgan fingerprint density at radius 1 is 1.24 bits per heavy atom. The van der Waals surface area contributed by atoms with Gasteiger partial charge in [0.2, 0.25) is 0 Å². The molecule has 94 valence electrons. The summed E-state index contributed by atoms with van der Waals surface area (Å²) in [6.45, 7) is 0. The van der Waals surface area contributed by atoms with E-state index in [0.717, 1.165) is 25.7 Å². The van der Waals surface area contributed by atoms with E-state index in [9.17, 15) is 4.39 Å². The van der Waals surface area contributed by atoms with Gasteiger partial charge >= 0.3 is 0 Å². The Kier molecular flexibility index (Phi) is 3.97. The van der Waals surface area contributed by atoms with Crippen LogP contribution in [0.5, 0.6) is 0 Å². The second kappa shape index (κ2) is 5.47. The summed E-state index contributed by atoms with van der Waals surface area (Å²) < 4.78 is 13.7. The molecule has 0 unspecified atom stereocenters. The number of anilines is 1. The number of benzene rings is 1. The zero-order valence-electron chi connectivity index (χ0n) is 10.1. The van der Waals surface area contributed by atoms with Crippen LogP contribution in [0, 0.1) is 5.82 Å². The average Bonchev–Trinajstić information content (AvgIpc) is 2.39. The van der Waals surface area contributed by atoms with Gasteiger partial charge < -0.3 is 9.74 Å². The smallest absolute Gasteiger partial charge is 0.146 e. The summed E-state index contributed by atoms with van der Waals surface area (Å²) in [7, 11) is 1.95. The zero-order valence-corrected chi connectivity index (χ0v) is 10.1. The summed E-state index contributed by atoms with van der Waals surface area (Å²) in [5.41, 5.74) is 0.671. The second-order valence-corrected chi connectivity index (χ2v) is 4.63. The Morgan fingerprint density at radius 2 is 1.88 bits per heavy atom. The van der Waals surface area contributed by atoms with Crippen molar-refractivity contribution in [2.24, 2.45) is 5.90 Å². The molecule has 0 radical (unpaired) electrons. The number of rotatable bonds is 3. The minimum Gasteiger partial charge on any atom is -0.369 e. The standard InChI is InChI=1S/C13H19FN2O/c1-16(13-5-3-2-4-12(13)14)10-6-8-11(17-15)9-7-10/h2-5,10-11H,6-9,15H2,1H3. The van der Waals surface area contributed by atoms with Crippen molar-refractivity contribution in [2.75, 3.05) is 11.9 Å². The quantitative estimate of drug-likeness (QED) is 0.822. The van der Waals surface area contributed by atoms with Crippen molar-refractivity contribution in [1.29, 1.82) is 0 Å². The molecule has 1 aliphatic rings. The van der Waals surface area contributed by atoms with Gasteiger partial charge in [0, 0.05) is 13.1 Å². The molecule has 1 fully saturated rings. The van der Waals surface area contributed by atoms with Crippen LogP contribution in [-0.2, 0) is 4.84 Å². The van der Waals surface area contributed by atoms with Crippen LogP contribution in [0.3, 0.4) is 0 Å². The first-order valence-corrected chi connectivity index (χ1v) is 6.05. The molecule has 3 nitrogen and oxygen atoms in total. The number of hydrogen-bond donors (Lipinski definition) is 1. The van der Waals surface area contributed by atoms with Gasteiger partial charge in [0.15, 0.2) is 0 Å². The molecule has 1 saturated carbocycles. The highest BCUT2D eigenvalue weighted by atomic mass is 19.1. The van der Waals surface area contributed by atoms with Gasteiger partial charge in [-0.15, -0.1) is 0 Å². The van der Waals surface area contributed by atoms with Gasteiger partial charge in [0.25, 0.3) is 0 Å². The van der Waals surface area contributed by atoms with E-state index in [1.807, 2.05) is 24.1 Å². The van der Waals surface area contributed by atoms with Gasteiger partial charge in [-0.05, 0) is 37.8 Å². The number of nitrogens with zero attached hydrogens (tertiary/aromatic N) is 1. The highest BCUT2D eigenvalue weighted by molar-refractivity contribution is 5.47. The molecule has 0 atom stereocenters. The van der Waals surface area contributed by atoms with Crippen molar-refractivity contribution in [2.45, 2.75) is 37.8 Å². The van der Waals surface area contributed by atoms with E-state index in [1.54, 1.807) is 6.07 Å². The highest BCUT2D eigenvalue weighted by Crippen LogP contribution is 2.28. The SMILES string of the molecule is CN(c1ccccc1F)C1CCC(ON)CC1. The van der Waals surface area contributed by atoms with Crippen LogP contribution in [-0.4, -0.2) is 19.2 Å². The van der Waals surface area contributed by atoms with Crippen LogP contribution in [0.25, 0.3) is 0 Å². The van der Waals surface area contributed by atoms with Crippen molar-refractivity contribution in [3.8, 4) is 0 Å². The third kappa shape index (κ3) is 2.76. The Labute approximate surface area is 101 Å². The molecule has 0 aromatic heterocycles. The molecular weight excluding hydrogens is 219 g/mol. The van der Waals surface area contributed by atoms with Crippen LogP contribution in [0.2, 0.25) is 0 Å². The lowest BCUT2D eigenvalue weighted by Gasteiger charge is -2.35. The maximum Gasteiger partial charge on any atom is 0.146 e. The number of hydrogen-bond acceptors (Lipinski definition) is 3. The maximum atomic E-state index is 13.7. The Hall–Kier alpha value is -1.13. The van der Waals surface area contributed by atoms with E-state index < -0.39 is 0 Å². The first kappa shape index (κ1) is 12.3. The third-order valence-electron chi connectivity index (χ3n) is 3.62.